The molecule has 0 aliphatic carbocycles. The number of rotatable bonds is 3. The third-order valence-corrected chi connectivity index (χ3v) is 5.16. The Kier molecular flexibility index (Phi) is 3.55. The molecule has 5 rings (SSSR count). The molecule has 1 fully saturated rings. The average Bonchev–Trinajstić information content (AvgIpc) is 3.31. The highest BCUT2D eigenvalue weighted by Gasteiger charge is 2.48. The molecular weight excluding hydrogens is 328 g/mol. The molecule has 3 aliphatic rings. The van der Waals surface area contributed by atoms with Gasteiger partial charge < -0.3 is 15.0 Å². The molecule has 6 nitrogen and oxygen atoms in total. The number of hydrogen-bond acceptors (Lipinski definition) is 4. The molecule has 1 N–H and O–H groups in total. The largest absolute Gasteiger partial charge is 0.481 e. The van der Waals surface area contributed by atoms with E-state index in [1.807, 2.05) is 52.3 Å². The predicted molar refractivity (Wildman–Crippen MR) is 99.8 cm³/mol. The molecule has 2 aromatic carbocycles. The first-order chi connectivity index (χ1) is 12.8. The van der Waals surface area contributed by atoms with Gasteiger partial charge in [-0.05, 0) is 17.7 Å². The Balaban J connectivity index is 1.52. The highest BCUT2D eigenvalue weighted by Crippen LogP contribution is 2.44. The molecule has 0 saturated carbocycles. The van der Waals surface area contributed by atoms with Crippen LogP contribution in [0.15, 0.2) is 59.6 Å². The van der Waals surface area contributed by atoms with Crippen molar-refractivity contribution in [2.75, 3.05) is 31.1 Å². The standard InChI is InChI=1S/C20H20N4O2/c25-20-23(13-18-21-10-11-22-18)12-16-19(14-6-2-1-3-7-14)26-17-9-5-4-8-15(17)24(16)20/h1-9,16,19H,10-13H2,(H,21,22)/t16-,19+/m0/s1. The summed E-state index contributed by atoms with van der Waals surface area (Å²) >= 11 is 0. The molecule has 0 aromatic heterocycles. The number of carbonyl (C=O) groups is 1. The van der Waals surface area contributed by atoms with E-state index in [1.54, 1.807) is 0 Å². The second kappa shape index (κ2) is 6.05. The lowest BCUT2D eigenvalue weighted by molar-refractivity contribution is 0.161. The monoisotopic (exact) mass is 348 g/mol. The summed E-state index contributed by atoms with van der Waals surface area (Å²) in [5.41, 5.74) is 1.93. The number of fused-ring (bicyclic) bond motifs is 3. The van der Waals surface area contributed by atoms with Gasteiger partial charge in [-0.15, -0.1) is 0 Å². The van der Waals surface area contributed by atoms with Crippen molar-refractivity contribution < 1.29 is 9.53 Å². The van der Waals surface area contributed by atoms with Gasteiger partial charge in [0.15, 0.2) is 0 Å². The van der Waals surface area contributed by atoms with E-state index in [0.717, 1.165) is 35.9 Å². The van der Waals surface area contributed by atoms with Crippen LogP contribution in [0.4, 0.5) is 10.5 Å². The first-order valence-electron chi connectivity index (χ1n) is 8.97. The van der Waals surface area contributed by atoms with E-state index in [-0.39, 0.29) is 18.2 Å². The quantitative estimate of drug-likeness (QED) is 0.927. The van der Waals surface area contributed by atoms with Gasteiger partial charge in [-0.2, -0.15) is 0 Å². The molecule has 0 unspecified atom stereocenters. The van der Waals surface area contributed by atoms with Crippen LogP contribution in [-0.4, -0.2) is 49.0 Å². The fraction of sp³-hybridized carbons (Fsp3) is 0.300. The third kappa shape index (κ3) is 2.41. The lowest BCUT2D eigenvalue weighted by Crippen LogP contribution is -2.44. The van der Waals surface area contributed by atoms with Crippen molar-refractivity contribution >= 4 is 17.6 Å². The molecule has 2 atom stereocenters. The van der Waals surface area contributed by atoms with E-state index in [4.69, 9.17) is 4.74 Å². The van der Waals surface area contributed by atoms with Gasteiger partial charge in [-0.1, -0.05) is 42.5 Å². The Morgan fingerprint density at radius 2 is 1.92 bits per heavy atom. The van der Waals surface area contributed by atoms with Gasteiger partial charge in [0.2, 0.25) is 0 Å². The highest BCUT2D eigenvalue weighted by atomic mass is 16.5. The van der Waals surface area contributed by atoms with Gasteiger partial charge >= 0.3 is 6.03 Å². The Labute approximate surface area is 152 Å². The molecule has 3 heterocycles. The maximum Gasteiger partial charge on any atom is 0.325 e. The Morgan fingerprint density at radius 1 is 1.12 bits per heavy atom. The molecule has 1 saturated heterocycles. The number of benzene rings is 2. The SMILES string of the molecule is O=C1N(CC2=NCCN2)C[C@H]2[C@@H](c3ccccc3)Oc3ccccc3N12. The summed E-state index contributed by atoms with van der Waals surface area (Å²) in [5.74, 6) is 1.65. The van der Waals surface area contributed by atoms with Crippen molar-refractivity contribution in [1.82, 2.24) is 10.2 Å². The minimum Gasteiger partial charge on any atom is -0.481 e. The zero-order chi connectivity index (χ0) is 17.5. The van der Waals surface area contributed by atoms with Crippen molar-refractivity contribution in [2.24, 2.45) is 4.99 Å². The smallest absolute Gasteiger partial charge is 0.325 e. The van der Waals surface area contributed by atoms with E-state index in [1.165, 1.54) is 0 Å². The highest BCUT2D eigenvalue weighted by molar-refractivity contribution is 6.00. The lowest BCUT2D eigenvalue weighted by atomic mass is 9.99. The molecule has 0 spiro atoms. The summed E-state index contributed by atoms with van der Waals surface area (Å²) in [6.45, 7) is 2.77. The van der Waals surface area contributed by atoms with E-state index < -0.39 is 0 Å². The molecule has 132 valence electrons. The van der Waals surface area contributed by atoms with Gasteiger partial charge in [-0.25, -0.2) is 4.79 Å². The predicted octanol–water partition coefficient (Wildman–Crippen LogP) is 2.43. The van der Waals surface area contributed by atoms with Gasteiger partial charge in [0, 0.05) is 13.1 Å². The van der Waals surface area contributed by atoms with Gasteiger partial charge in [0.25, 0.3) is 0 Å². The van der Waals surface area contributed by atoms with E-state index >= 15 is 0 Å². The molecule has 0 radical (unpaired) electrons. The zero-order valence-electron chi connectivity index (χ0n) is 14.3. The molecular formula is C20H20N4O2. The normalized spacial score (nSPS) is 23.8. The molecule has 2 amide bonds. The number of nitrogens with one attached hydrogen (secondary N) is 1. The lowest BCUT2D eigenvalue weighted by Gasteiger charge is -2.37. The number of hydrogen-bond donors (Lipinski definition) is 1. The third-order valence-electron chi connectivity index (χ3n) is 5.16. The van der Waals surface area contributed by atoms with Crippen LogP contribution in [0.25, 0.3) is 0 Å². The first kappa shape index (κ1) is 15.3. The number of urea groups is 1. The number of carbonyl (C=O) groups excluding carboxylic acids is 1. The maximum absolute atomic E-state index is 13.2. The summed E-state index contributed by atoms with van der Waals surface area (Å²) in [6.07, 6.45) is -0.182. The van der Waals surface area contributed by atoms with Crippen LogP contribution >= 0.6 is 0 Å². The van der Waals surface area contributed by atoms with E-state index in [0.29, 0.717) is 13.1 Å². The maximum atomic E-state index is 13.2. The zero-order valence-corrected chi connectivity index (χ0v) is 14.3. The topological polar surface area (TPSA) is 57.2 Å². The van der Waals surface area contributed by atoms with Gasteiger partial charge in [0.1, 0.15) is 17.7 Å². The van der Waals surface area contributed by atoms with Crippen LogP contribution in [0.5, 0.6) is 5.75 Å². The van der Waals surface area contributed by atoms with E-state index in [2.05, 4.69) is 22.4 Å². The Bertz CT molecular complexity index is 867. The van der Waals surface area contributed by atoms with Crippen LogP contribution < -0.4 is 15.0 Å². The Morgan fingerprint density at radius 3 is 2.73 bits per heavy atom. The van der Waals surface area contributed by atoms with Crippen molar-refractivity contribution in [1.29, 1.82) is 0 Å². The van der Waals surface area contributed by atoms with Crippen LogP contribution in [0.2, 0.25) is 0 Å². The summed E-state index contributed by atoms with van der Waals surface area (Å²) in [7, 11) is 0. The average molecular weight is 348 g/mol. The van der Waals surface area contributed by atoms with Crippen molar-refractivity contribution in [3.8, 4) is 5.75 Å². The fourth-order valence-electron chi connectivity index (χ4n) is 3.96. The second-order valence-corrected chi connectivity index (χ2v) is 6.77. The molecule has 2 aromatic rings. The number of para-hydroxylation sites is 2. The van der Waals surface area contributed by atoms with Crippen molar-refractivity contribution in [3.63, 3.8) is 0 Å². The summed E-state index contributed by atoms with van der Waals surface area (Å²) in [4.78, 5) is 21.4. The van der Waals surface area contributed by atoms with Gasteiger partial charge in [0.05, 0.1) is 24.8 Å². The summed E-state index contributed by atoms with van der Waals surface area (Å²) < 4.78 is 6.33. The molecule has 3 aliphatic heterocycles. The second-order valence-electron chi connectivity index (χ2n) is 6.77. The number of amides is 2. The molecule has 0 bridgehead atoms. The van der Waals surface area contributed by atoms with E-state index in [9.17, 15) is 4.79 Å². The number of amidine groups is 1. The van der Waals surface area contributed by atoms with Crippen molar-refractivity contribution in [3.05, 3.63) is 60.2 Å². The molecule has 6 heteroatoms. The first-order valence-corrected chi connectivity index (χ1v) is 8.97. The summed E-state index contributed by atoms with van der Waals surface area (Å²) in [6, 6.07) is 17.9. The van der Waals surface area contributed by atoms with Gasteiger partial charge in [-0.3, -0.25) is 9.89 Å². The minimum absolute atomic E-state index is 0.0167. The van der Waals surface area contributed by atoms with Crippen LogP contribution in [0, 0.1) is 0 Å². The van der Waals surface area contributed by atoms with Crippen LogP contribution in [0.3, 0.4) is 0 Å². The van der Waals surface area contributed by atoms with Crippen molar-refractivity contribution in [2.45, 2.75) is 12.1 Å². The number of ether oxygens (including phenoxy) is 1. The Hall–Kier alpha value is -3.02. The van der Waals surface area contributed by atoms with Crippen LogP contribution in [-0.2, 0) is 0 Å². The van der Waals surface area contributed by atoms with Crippen LogP contribution in [0.1, 0.15) is 11.7 Å². The summed E-state index contributed by atoms with van der Waals surface area (Å²) in [5, 5.41) is 3.25. The molecule has 26 heavy (non-hydrogen) atoms. The number of nitrogens with zero attached hydrogens (tertiary/aromatic N) is 3. The number of aliphatic imine (C=N–C) groups is 1. The fourth-order valence-corrected chi connectivity index (χ4v) is 3.96. The minimum atomic E-state index is -0.182. The number of anilines is 1.